The first-order valence-corrected chi connectivity index (χ1v) is 8.79. The van der Waals surface area contributed by atoms with Crippen molar-refractivity contribution in [1.29, 1.82) is 0 Å². The van der Waals surface area contributed by atoms with Crippen LogP contribution >= 0.6 is 23.2 Å². The van der Waals surface area contributed by atoms with E-state index in [1.807, 2.05) is 6.07 Å². The molecule has 0 bridgehead atoms. The van der Waals surface area contributed by atoms with Crippen LogP contribution in [-0.2, 0) is 20.9 Å². The third-order valence-electron chi connectivity index (χ3n) is 4.05. The minimum Gasteiger partial charge on any atom is -0.311 e. The summed E-state index contributed by atoms with van der Waals surface area (Å²) in [4.78, 5) is 36.4. The van der Waals surface area contributed by atoms with E-state index in [0.29, 0.717) is 22.4 Å². The Morgan fingerprint density at radius 1 is 1.15 bits per heavy atom. The van der Waals surface area contributed by atoms with E-state index in [1.54, 1.807) is 29.1 Å². The van der Waals surface area contributed by atoms with Crippen molar-refractivity contribution in [2.45, 2.75) is 25.8 Å². The lowest BCUT2D eigenvalue weighted by Gasteiger charge is -2.14. The van der Waals surface area contributed by atoms with Gasteiger partial charge in [0.2, 0.25) is 17.7 Å². The van der Waals surface area contributed by atoms with E-state index in [-0.39, 0.29) is 43.5 Å². The average Bonchev–Trinajstić information content (AvgIpc) is 3.17. The molecule has 1 aliphatic rings. The van der Waals surface area contributed by atoms with Crippen LogP contribution in [0.2, 0.25) is 10.0 Å². The van der Waals surface area contributed by atoms with Crippen LogP contribution in [0.1, 0.15) is 24.8 Å². The highest BCUT2D eigenvalue weighted by Crippen LogP contribution is 2.26. The fraction of sp³-hybridized carbons (Fsp3) is 0.294. The van der Waals surface area contributed by atoms with E-state index in [0.717, 1.165) is 10.5 Å². The first-order chi connectivity index (χ1) is 12.5. The maximum Gasteiger partial charge on any atom is 0.229 e. The molecule has 26 heavy (non-hydrogen) atoms. The molecule has 2 heterocycles. The second kappa shape index (κ2) is 7.88. The Hall–Kier alpha value is -2.38. The Kier molecular flexibility index (Phi) is 5.58. The summed E-state index contributed by atoms with van der Waals surface area (Å²) in [5, 5.41) is 7.80. The summed E-state index contributed by atoms with van der Waals surface area (Å²) in [5.74, 6) is -0.284. The van der Waals surface area contributed by atoms with Crippen molar-refractivity contribution in [3.8, 4) is 0 Å². The predicted octanol–water partition coefficient (Wildman–Crippen LogP) is 2.72. The first-order valence-electron chi connectivity index (χ1n) is 8.03. The first kappa shape index (κ1) is 18.4. The standard InChI is InChI=1S/C17H16Cl2N4O3/c18-12-3-1-2-11(17(12)19)10-23-13(6-8-20-23)21-14(24)7-9-22-15(25)4-5-16(22)26/h1-3,6,8H,4-5,7,9-10H2,(H,21,24). The summed E-state index contributed by atoms with van der Waals surface area (Å²) < 4.78 is 1.58. The molecule has 136 valence electrons. The van der Waals surface area contributed by atoms with Gasteiger partial charge in [-0.15, -0.1) is 0 Å². The smallest absolute Gasteiger partial charge is 0.229 e. The molecule has 0 aliphatic carbocycles. The van der Waals surface area contributed by atoms with Crippen LogP contribution in [0.25, 0.3) is 0 Å². The van der Waals surface area contributed by atoms with Crippen LogP contribution in [0.4, 0.5) is 5.82 Å². The number of imide groups is 1. The maximum absolute atomic E-state index is 12.2. The molecule has 1 N–H and O–H groups in total. The molecule has 0 spiro atoms. The van der Waals surface area contributed by atoms with E-state index in [1.165, 1.54) is 0 Å². The lowest BCUT2D eigenvalue weighted by molar-refractivity contribution is -0.138. The molecule has 1 fully saturated rings. The van der Waals surface area contributed by atoms with E-state index in [9.17, 15) is 14.4 Å². The van der Waals surface area contributed by atoms with Crippen LogP contribution < -0.4 is 5.32 Å². The summed E-state index contributed by atoms with van der Waals surface area (Å²) in [6.07, 6.45) is 2.02. The molecular formula is C17H16Cl2N4O3. The van der Waals surface area contributed by atoms with Crippen LogP contribution in [0.5, 0.6) is 0 Å². The monoisotopic (exact) mass is 394 g/mol. The topological polar surface area (TPSA) is 84.3 Å². The quantitative estimate of drug-likeness (QED) is 0.763. The molecule has 0 atom stereocenters. The third-order valence-corrected chi connectivity index (χ3v) is 4.91. The Labute approximate surface area is 159 Å². The third kappa shape index (κ3) is 4.05. The minimum atomic E-state index is -0.309. The molecule has 0 unspecified atom stereocenters. The van der Waals surface area contributed by atoms with E-state index < -0.39 is 0 Å². The van der Waals surface area contributed by atoms with Gasteiger partial charge in [-0.05, 0) is 11.6 Å². The second-order valence-corrected chi connectivity index (χ2v) is 6.61. The number of hydrogen-bond donors (Lipinski definition) is 1. The Morgan fingerprint density at radius 2 is 1.88 bits per heavy atom. The molecule has 9 heteroatoms. The molecule has 0 saturated carbocycles. The van der Waals surface area contributed by atoms with E-state index in [4.69, 9.17) is 23.2 Å². The molecule has 1 aliphatic heterocycles. The molecule has 1 saturated heterocycles. The van der Waals surface area contributed by atoms with Gasteiger partial charge >= 0.3 is 0 Å². The number of hydrogen-bond acceptors (Lipinski definition) is 4. The Balaban J connectivity index is 1.61. The Bertz CT molecular complexity index is 849. The zero-order valence-electron chi connectivity index (χ0n) is 13.7. The summed E-state index contributed by atoms with van der Waals surface area (Å²) in [6, 6.07) is 6.96. The van der Waals surface area contributed by atoms with Crippen molar-refractivity contribution in [2.75, 3.05) is 11.9 Å². The molecular weight excluding hydrogens is 379 g/mol. The molecule has 7 nitrogen and oxygen atoms in total. The number of rotatable bonds is 6. The van der Waals surface area contributed by atoms with E-state index in [2.05, 4.69) is 10.4 Å². The largest absolute Gasteiger partial charge is 0.311 e. The van der Waals surface area contributed by atoms with Crippen molar-refractivity contribution >= 4 is 46.7 Å². The fourth-order valence-corrected chi connectivity index (χ4v) is 3.07. The maximum atomic E-state index is 12.2. The number of carbonyl (C=O) groups excluding carboxylic acids is 3. The van der Waals surface area contributed by atoms with Crippen LogP contribution in [0.3, 0.4) is 0 Å². The number of likely N-dealkylation sites (tertiary alicyclic amines) is 1. The highest BCUT2D eigenvalue weighted by molar-refractivity contribution is 6.42. The SMILES string of the molecule is O=C(CCN1C(=O)CCC1=O)Nc1ccnn1Cc1cccc(Cl)c1Cl. The normalized spacial score (nSPS) is 14.2. The van der Waals surface area contributed by atoms with E-state index >= 15 is 0 Å². The molecule has 2 aromatic rings. The van der Waals surface area contributed by atoms with Crippen molar-refractivity contribution in [3.05, 3.63) is 46.1 Å². The molecule has 1 aromatic heterocycles. The lowest BCUT2D eigenvalue weighted by Crippen LogP contribution is -2.32. The predicted molar refractivity (Wildman–Crippen MR) is 97.0 cm³/mol. The highest BCUT2D eigenvalue weighted by Gasteiger charge is 2.28. The molecule has 3 amide bonds. The highest BCUT2D eigenvalue weighted by atomic mass is 35.5. The van der Waals surface area contributed by atoms with Gasteiger partial charge in [0, 0.05) is 31.9 Å². The second-order valence-electron chi connectivity index (χ2n) is 5.82. The van der Waals surface area contributed by atoms with Gasteiger partial charge in [-0.2, -0.15) is 5.10 Å². The molecule has 0 radical (unpaired) electrons. The zero-order valence-corrected chi connectivity index (χ0v) is 15.3. The van der Waals surface area contributed by atoms with Gasteiger partial charge in [0.15, 0.2) is 0 Å². The molecule has 1 aromatic carbocycles. The van der Waals surface area contributed by atoms with Crippen molar-refractivity contribution in [2.24, 2.45) is 0 Å². The van der Waals surface area contributed by atoms with Crippen molar-refractivity contribution in [1.82, 2.24) is 14.7 Å². The number of anilines is 1. The fourth-order valence-electron chi connectivity index (χ4n) is 2.69. The number of nitrogens with one attached hydrogen (secondary N) is 1. The summed E-state index contributed by atoms with van der Waals surface area (Å²) in [7, 11) is 0. The zero-order chi connectivity index (χ0) is 18.7. The van der Waals surface area contributed by atoms with Gasteiger partial charge in [0.05, 0.1) is 22.8 Å². The van der Waals surface area contributed by atoms with Crippen LogP contribution in [-0.4, -0.2) is 38.9 Å². The van der Waals surface area contributed by atoms with Gasteiger partial charge in [0.25, 0.3) is 0 Å². The number of carbonyl (C=O) groups is 3. The lowest BCUT2D eigenvalue weighted by atomic mass is 10.2. The summed E-state index contributed by atoms with van der Waals surface area (Å²) in [5.41, 5.74) is 0.770. The van der Waals surface area contributed by atoms with Crippen LogP contribution in [0, 0.1) is 0 Å². The van der Waals surface area contributed by atoms with Gasteiger partial charge in [0.1, 0.15) is 5.82 Å². The van der Waals surface area contributed by atoms with Crippen molar-refractivity contribution in [3.63, 3.8) is 0 Å². The number of halogens is 2. The average molecular weight is 395 g/mol. The van der Waals surface area contributed by atoms with Gasteiger partial charge < -0.3 is 5.32 Å². The minimum absolute atomic E-state index is 0.0284. The van der Waals surface area contributed by atoms with Gasteiger partial charge in [-0.25, -0.2) is 4.68 Å². The summed E-state index contributed by atoms with van der Waals surface area (Å²) in [6.45, 7) is 0.420. The number of benzene rings is 1. The number of nitrogens with zero attached hydrogens (tertiary/aromatic N) is 3. The summed E-state index contributed by atoms with van der Waals surface area (Å²) >= 11 is 12.2. The number of amides is 3. The number of aromatic nitrogens is 2. The van der Waals surface area contributed by atoms with Gasteiger partial charge in [-0.1, -0.05) is 35.3 Å². The molecule has 3 rings (SSSR count). The van der Waals surface area contributed by atoms with Gasteiger partial charge in [-0.3, -0.25) is 19.3 Å². The van der Waals surface area contributed by atoms with Crippen molar-refractivity contribution < 1.29 is 14.4 Å². The Morgan fingerprint density at radius 3 is 2.62 bits per heavy atom. The van der Waals surface area contributed by atoms with Crippen LogP contribution in [0.15, 0.2) is 30.5 Å².